The lowest BCUT2D eigenvalue weighted by Gasteiger charge is -2.25. The number of nitrogens with two attached hydrogens (primary N) is 1. The van der Waals surface area contributed by atoms with E-state index in [1.165, 1.54) is 23.4 Å². The Morgan fingerprint density at radius 2 is 1.83 bits per heavy atom. The van der Waals surface area contributed by atoms with Gasteiger partial charge in [-0.15, -0.1) is 0 Å². The zero-order chi connectivity index (χ0) is 13.3. The number of aryl methyl sites for hydroxylation is 2. The minimum Gasteiger partial charge on any atom is -0.317 e. The second-order valence-electron chi connectivity index (χ2n) is 4.86. The van der Waals surface area contributed by atoms with E-state index in [9.17, 15) is 4.39 Å². The van der Waals surface area contributed by atoms with Gasteiger partial charge in [-0.3, -0.25) is 4.98 Å². The van der Waals surface area contributed by atoms with Crippen molar-refractivity contribution in [2.45, 2.75) is 26.3 Å². The van der Waals surface area contributed by atoms with Crippen LogP contribution in [0.3, 0.4) is 0 Å². The molecule has 0 fully saturated rings. The maximum atomic E-state index is 12.9. The van der Waals surface area contributed by atoms with Crippen LogP contribution in [0.15, 0.2) is 36.5 Å². The molecule has 2 nitrogen and oxygen atoms in total. The smallest absolute Gasteiger partial charge is 0.141 e. The van der Waals surface area contributed by atoms with Gasteiger partial charge in [-0.1, -0.05) is 18.2 Å². The molecule has 0 aliphatic heterocycles. The highest BCUT2D eigenvalue weighted by atomic mass is 19.1. The van der Waals surface area contributed by atoms with Gasteiger partial charge in [0.1, 0.15) is 5.82 Å². The van der Waals surface area contributed by atoms with Gasteiger partial charge < -0.3 is 5.73 Å². The first-order valence-corrected chi connectivity index (χ1v) is 5.90. The van der Waals surface area contributed by atoms with Crippen LogP contribution in [0, 0.1) is 19.7 Å². The predicted molar refractivity (Wildman–Crippen MR) is 70.8 cm³/mol. The SMILES string of the molecule is Cc1ccc(C(C)(N)c2ccc(F)cn2)cc1C. The Morgan fingerprint density at radius 1 is 1.11 bits per heavy atom. The van der Waals surface area contributed by atoms with E-state index in [2.05, 4.69) is 18.0 Å². The number of hydrogen-bond acceptors (Lipinski definition) is 2. The summed E-state index contributed by atoms with van der Waals surface area (Å²) >= 11 is 0. The average molecular weight is 244 g/mol. The fraction of sp³-hybridized carbons (Fsp3) is 0.267. The number of halogens is 1. The summed E-state index contributed by atoms with van der Waals surface area (Å²) in [7, 11) is 0. The zero-order valence-corrected chi connectivity index (χ0v) is 10.9. The van der Waals surface area contributed by atoms with Gasteiger partial charge in [0, 0.05) is 0 Å². The van der Waals surface area contributed by atoms with Crippen molar-refractivity contribution in [2.24, 2.45) is 5.73 Å². The molecule has 1 unspecified atom stereocenters. The van der Waals surface area contributed by atoms with Crippen molar-refractivity contribution in [3.05, 3.63) is 64.7 Å². The van der Waals surface area contributed by atoms with E-state index in [1.54, 1.807) is 6.07 Å². The summed E-state index contributed by atoms with van der Waals surface area (Å²) in [6.45, 7) is 5.99. The number of aromatic nitrogens is 1. The highest BCUT2D eigenvalue weighted by molar-refractivity contribution is 5.38. The molecule has 3 heteroatoms. The molecule has 18 heavy (non-hydrogen) atoms. The van der Waals surface area contributed by atoms with Crippen LogP contribution in [0.25, 0.3) is 0 Å². The Balaban J connectivity index is 2.46. The molecule has 0 amide bonds. The van der Waals surface area contributed by atoms with Gasteiger partial charge in [0.15, 0.2) is 0 Å². The molecular weight excluding hydrogens is 227 g/mol. The topological polar surface area (TPSA) is 38.9 Å². The van der Waals surface area contributed by atoms with Crippen LogP contribution >= 0.6 is 0 Å². The Kier molecular flexibility index (Phi) is 3.18. The third kappa shape index (κ3) is 2.27. The summed E-state index contributed by atoms with van der Waals surface area (Å²) < 4.78 is 12.9. The fourth-order valence-electron chi connectivity index (χ4n) is 1.90. The van der Waals surface area contributed by atoms with Crippen molar-refractivity contribution in [3.63, 3.8) is 0 Å². The number of nitrogens with zero attached hydrogens (tertiary/aromatic N) is 1. The molecule has 0 radical (unpaired) electrons. The zero-order valence-electron chi connectivity index (χ0n) is 10.9. The number of benzene rings is 1. The summed E-state index contributed by atoms with van der Waals surface area (Å²) in [4.78, 5) is 4.08. The molecule has 2 N–H and O–H groups in total. The number of rotatable bonds is 2. The molecular formula is C15H17FN2. The normalized spacial score (nSPS) is 14.3. The van der Waals surface area contributed by atoms with E-state index in [4.69, 9.17) is 5.73 Å². The average Bonchev–Trinajstić information content (AvgIpc) is 2.33. The third-order valence-electron chi connectivity index (χ3n) is 3.37. The molecule has 0 saturated heterocycles. The fourth-order valence-corrected chi connectivity index (χ4v) is 1.90. The summed E-state index contributed by atoms with van der Waals surface area (Å²) in [6, 6.07) is 9.10. The second kappa shape index (κ2) is 4.50. The lowest BCUT2D eigenvalue weighted by atomic mass is 9.87. The van der Waals surface area contributed by atoms with Gasteiger partial charge in [-0.2, -0.15) is 0 Å². The predicted octanol–water partition coefficient (Wildman–Crippen LogP) is 3.06. The molecule has 1 aromatic heterocycles. The van der Waals surface area contributed by atoms with Gasteiger partial charge in [0.2, 0.25) is 0 Å². The first-order chi connectivity index (χ1) is 8.41. The molecule has 2 rings (SSSR count). The van der Waals surface area contributed by atoms with Gasteiger partial charge >= 0.3 is 0 Å². The van der Waals surface area contributed by atoms with Gasteiger partial charge in [0.25, 0.3) is 0 Å². The van der Waals surface area contributed by atoms with Gasteiger partial charge in [-0.25, -0.2) is 4.39 Å². The van der Waals surface area contributed by atoms with Crippen LogP contribution in [-0.4, -0.2) is 4.98 Å². The first kappa shape index (κ1) is 12.7. The Hall–Kier alpha value is -1.74. The maximum absolute atomic E-state index is 12.9. The van der Waals surface area contributed by atoms with Crippen molar-refractivity contribution >= 4 is 0 Å². The monoisotopic (exact) mass is 244 g/mol. The van der Waals surface area contributed by atoms with Gasteiger partial charge in [0.05, 0.1) is 17.4 Å². The quantitative estimate of drug-likeness (QED) is 0.881. The molecule has 1 aromatic carbocycles. The van der Waals surface area contributed by atoms with E-state index in [-0.39, 0.29) is 5.82 Å². The van der Waals surface area contributed by atoms with Crippen molar-refractivity contribution in [1.29, 1.82) is 0 Å². The van der Waals surface area contributed by atoms with Crippen LogP contribution in [0.1, 0.15) is 29.3 Å². The molecule has 0 bridgehead atoms. The number of pyridine rings is 1. The maximum Gasteiger partial charge on any atom is 0.141 e. The van der Waals surface area contributed by atoms with Crippen LogP contribution in [-0.2, 0) is 5.54 Å². The minimum atomic E-state index is -0.716. The molecule has 0 aliphatic carbocycles. The van der Waals surface area contributed by atoms with E-state index >= 15 is 0 Å². The summed E-state index contributed by atoms with van der Waals surface area (Å²) in [5, 5.41) is 0. The van der Waals surface area contributed by atoms with Crippen molar-refractivity contribution in [1.82, 2.24) is 4.98 Å². The summed E-state index contributed by atoms with van der Waals surface area (Å²) in [6.07, 6.45) is 1.20. The number of hydrogen-bond donors (Lipinski definition) is 1. The van der Waals surface area contributed by atoms with E-state index in [0.717, 1.165) is 5.56 Å². The van der Waals surface area contributed by atoms with Crippen LogP contribution in [0.2, 0.25) is 0 Å². The van der Waals surface area contributed by atoms with Gasteiger partial charge in [-0.05, 0) is 49.6 Å². The lowest BCUT2D eigenvalue weighted by molar-refractivity contribution is 0.567. The molecule has 1 heterocycles. The molecule has 94 valence electrons. The molecule has 0 saturated carbocycles. The largest absolute Gasteiger partial charge is 0.317 e. The lowest BCUT2D eigenvalue weighted by Crippen LogP contribution is -2.35. The molecule has 0 spiro atoms. The molecule has 2 aromatic rings. The molecule has 0 aliphatic rings. The Morgan fingerprint density at radius 3 is 2.39 bits per heavy atom. The Labute approximate surface area is 107 Å². The summed E-state index contributed by atoms with van der Waals surface area (Å²) in [5.41, 5.74) is 9.67. The van der Waals surface area contributed by atoms with Crippen molar-refractivity contribution < 1.29 is 4.39 Å². The highest BCUT2D eigenvalue weighted by Crippen LogP contribution is 2.26. The van der Waals surface area contributed by atoms with E-state index in [1.807, 2.05) is 26.0 Å². The van der Waals surface area contributed by atoms with E-state index in [0.29, 0.717) is 5.69 Å². The third-order valence-corrected chi connectivity index (χ3v) is 3.37. The van der Waals surface area contributed by atoms with E-state index < -0.39 is 5.54 Å². The van der Waals surface area contributed by atoms with Crippen LogP contribution < -0.4 is 5.73 Å². The Bertz CT molecular complexity index is 559. The van der Waals surface area contributed by atoms with Crippen LogP contribution in [0.5, 0.6) is 0 Å². The first-order valence-electron chi connectivity index (χ1n) is 5.90. The second-order valence-corrected chi connectivity index (χ2v) is 4.86. The standard InChI is InChI=1S/C15H17FN2/c1-10-4-5-12(8-11(10)2)15(3,17)14-7-6-13(16)9-18-14/h4-9H,17H2,1-3H3. The van der Waals surface area contributed by atoms with Crippen molar-refractivity contribution in [2.75, 3.05) is 0 Å². The highest BCUT2D eigenvalue weighted by Gasteiger charge is 2.25. The molecule has 1 atom stereocenters. The minimum absolute atomic E-state index is 0.352. The van der Waals surface area contributed by atoms with Crippen LogP contribution in [0.4, 0.5) is 4.39 Å². The van der Waals surface area contributed by atoms with Crippen molar-refractivity contribution in [3.8, 4) is 0 Å². The summed E-state index contributed by atoms with van der Waals surface area (Å²) in [5.74, 6) is -0.352.